The Morgan fingerprint density at radius 1 is 1.07 bits per heavy atom. The molecule has 1 saturated heterocycles. The van der Waals surface area contributed by atoms with Gasteiger partial charge < -0.3 is 15.3 Å². The lowest BCUT2D eigenvalue weighted by molar-refractivity contribution is -0.118. The maximum absolute atomic E-state index is 13.8. The molecule has 7 heteroatoms. The number of nitrogens with one attached hydrogen (secondary N) is 1. The zero-order valence-corrected chi connectivity index (χ0v) is 24.4. The third-order valence-electron chi connectivity index (χ3n) is 8.47. The highest BCUT2D eigenvalue weighted by Gasteiger charge is 2.33. The number of nitrogens with zero attached hydrogens (tertiary/aromatic N) is 2. The fraction of sp³-hybridized carbons (Fsp3) is 0.353. The number of benzene rings is 3. The summed E-state index contributed by atoms with van der Waals surface area (Å²) in [7, 11) is 0. The first-order valence-corrected chi connectivity index (χ1v) is 14.8. The molecule has 41 heavy (non-hydrogen) atoms. The van der Waals surface area contributed by atoms with E-state index >= 15 is 0 Å². The lowest BCUT2D eigenvalue weighted by atomic mass is 9.83. The van der Waals surface area contributed by atoms with Crippen molar-refractivity contribution in [1.82, 2.24) is 4.90 Å². The highest BCUT2D eigenvalue weighted by molar-refractivity contribution is 6.30. The standard InChI is InChI=1S/C34H38ClN3O3/c1-23(39)13-16-26-9-5-12-31(24(26)2)36-33(40)32(27-7-3-4-8-27)28-17-14-25(15-18-28)22-37-19-20-38(34(37)41)30-11-6-10-29(35)21-30/h5-6,9-12,14-15,17-18,21,27,32,39H,1,3-4,7-8,13,16,19-20,22H2,2H3,(H,36,40). The number of hydrogen-bond acceptors (Lipinski definition) is 3. The quantitative estimate of drug-likeness (QED) is 0.242. The van der Waals surface area contributed by atoms with Crippen molar-refractivity contribution >= 4 is 34.9 Å². The van der Waals surface area contributed by atoms with Crippen molar-refractivity contribution in [2.45, 2.75) is 57.9 Å². The van der Waals surface area contributed by atoms with Crippen LogP contribution in [0.4, 0.5) is 16.2 Å². The number of rotatable bonds is 10. The van der Waals surface area contributed by atoms with Gasteiger partial charge in [0.2, 0.25) is 5.91 Å². The fourth-order valence-corrected chi connectivity index (χ4v) is 6.36. The lowest BCUT2D eigenvalue weighted by Crippen LogP contribution is -2.31. The Hall–Kier alpha value is -3.77. The number of anilines is 2. The molecule has 3 aromatic rings. The number of halogens is 1. The van der Waals surface area contributed by atoms with Gasteiger partial charge in [0.25, 0.3) is 0 Å². The van der Waals surface area contributed by atoms with Crippen LogP contribution in [0.2, 0.25) is 5.02 Å². The molecule has 1 aliphatic carbocycles. The smallest absolute Gasteiger partial charge is 0.324 e. The number of carbonyl (C=O) groups excluding carboxylic acids is 2. The Morgan fingerprint density at radius 2 is 1.80 bits per heavy atom. The molecule has 6 nitrogen and oxygen atoms in total. The molecule has 3 amide bonds. The molecular formula is C34H38ClN3O3. The van der Waals surface area contributed by atoms with Crippen molar-refractivity contribution in [2.75, 3.05) is 23.3 Å². The van der Waals surface area contributed by atoms with Crippen LogP contribution in [0.15, 0.2) is 79.1 Å². The summed E-state index contributed by atoms with van der Waals surface area (Å²) in [4.78, 5) is 30.5. The van der Waals surface area contributed by atoms with Crippen molar-refractivity contribution in [1.29, 1.82) is 0 Å². The largest absolute Gasteiger partial charge is 0.513 e. The number of urea groups is 1. The lowest BCUT2D eigenvalue weighted by Gasteiger charge is -2.25. The van der Waals surface area contributed by atoms with Crippen LogP contribution in [0.25, 0.3) is 0 Å². The van der Waals surface area contributed by atoms with Gasteiger partial charge >= 0.3 is 6.03 Å². The summed E-state index contributed by atoms with van der Waals surface area (Å²) in [6, 6.07) is 21.5. The highest BCUT2D eigenvalue weighted by atomic mass is 35.5. The highest BCUT2D eigenvalue weighted by Crippen LogP contribution is 2.39. The summed E-state index contributed by atoms with van der Waals surface area (Å²) in [5, 5.41) is 13.4. The molecule has 5 rings (SSSR count). The van der Waals surface area contributed by atoms with Gasteiger partial charge in [0.05, 0.1) is 11.7 Å². The van der Waals surface area contributed by atoms with E-state index < -0.39 is 0 Å². The molecule has 1 unspecified atom stereocenters. The third kappa shape index (κ3) is 6.76. The van der Waals surface area contributed by atoms with E-state index in [0.29, 0.717) is 43.4 Å². The van der Waals surface area contributed by atoms with Crippen molar-refractivity contribution in [3.63, 3.8) is 0 Å². The van der Waals surface area contributed by atoms with Crippen molar-refractivity contribution in [3.8, 4) is 0 Å². The first-order valence-electron chi connectivity index (χ1n) is 14.5. The molecule has 0 spiro atoms. The minimum atomic E-state index is -0.237. The van der Waals surface area contributed by atoms with E-state index in [9.17, 15) is 14.7 Å². The molecule has 1 atom stereocenters. The van der Waals surface area contributed by atoms with Crippen LogP contribution in [-0.4, -0.2) is 35.0 Å². The predicted molar refractivity (Wildman–Crippen MR) is 166 cm³/mol. The van der Waals surface area contributed by atoms with Crippen LogP contribution in [0, 0.1) is 12.8 Å². The van der Waals surface area contributed by atoms with E-state index in [0.717, 1.165) is 59.3 Å². The maximum Gasteiger partial charge on any atom is 0.324 e. The summed E-state index contributed by atoms with van der Waals surface area (Å²) in [5.41, 5.74) is 5.78. The van der Waals surface area contributed by atoms with Crippen molar-refractivity contribution < 1.29 is 14.7 Å². The van der Waals surface area contributed by atoms with Crippen LogP contribution in [0.5, 0.6) is 0 Å². The normalized spacial score (nSPS) is 16.3. The summed E-state index contributed by atoms with van der Waals surface area (Å²) in [6.07, 6.45) is 5.54. The molecule has 2 aliphatic rings. The Bertz CT molecular complexity index is 1410. The van der Waals surface area contributed by atoms with Crippen LogP contribution in [0.3, 0.4) is 0 Å². The van der Waals surface area contributed by atoms with Gasteiger partial charge in [0, 0.05) is 42.5 Å². The van der Waals surface area contributed by atoms with Crippen molar-refractivity contribution in [2.24, 2.45) is 5.92 Å². The monoisotopic (exact) mass is 571 g/mol. The molecule has 0 radical (unpaired) electrons. The minimum absolute atomic E-state index is 0.0170. The SMILES string of the molecule is C=C(O)CCc1cccc(NC(=O)C(c2ccc(CN3CCN(c4cccc(Cl)c4)C3=O)cc2)C2CCCC2)c1C. The van der Waals surface area contributed by atoms with E-state index in [4.69, 9.17) is 11.6 Å². The topological polar surface area (TPSA) is 72.9 Å². The van der Waals surface area contributed by atoms with E-state index in [1.165, 1.54) is 0 Å². The Morgan fingerprint density at radius 3 is 2.51 bits per heavy atom. The predicted octanol–water partition coefficient (Wildman–Crippen LogP) is 8.01. The molecule has 214 valence electrons. The van der Waals surface area contributed by atoms with Crippen LogP contribution >= 0.6 is 11.6 Å². The van der Waals surface area contributed by atoms with E-state index in [1.54, 1.807) is 11.0 Å². The molecule has 1 saturated carbocycles. The molecular weight excluding hydrogens is 534 g/mol. The molecule has 1 aliphatic heterocycles. The fourth-order valence-electron chi connectivity index (χ4n) is 6.17. The Kier molecular flexibility index (Phi) is 8.99. The van der Waals surface area contributed by atoms with E-state index in [2.05, 4.69) is 24.0 Å². The molecule has 2 N–H and O–H groups in total. The first kappa shape index (κ1) is 28.7. The van der Waals surface area contributed by atoms with Gasteiger partial charge in [-0.1, -0.05) is 73.5 Å². The second-order valence-corrected chi connectivity index (χ2v) is 11.7. The number of aliphatic hydroxyl groups excluding tert-OH is 1. The molecule has 0 aromatic heterocycles. The van der Waals surface area contributed by atoms with Gasteiger partial charge in [-0.25, -0.2) is 4.79 Å². The van der Waals surface area contributed by atoms with Gasteiger partial charge in [0.15, 0.2) is 0 Å². The number of allylic oxidation sites excluding steroid dienone is 1. The molecule has 0 bridgehead atoms. The average molecular weight is 572 g/mol. The number of carbonyl (C=O) groups is 2. The number of aliphatic hydroxyl groups is 1. The van der Waals surface area contributed by atoms with E-state index in [-0.39, 0.29) is 23.6 Å². The van der Waals surface area contributed by atoms with E-state index in [1.807, 2.05) is 60.4 Å². The van der Waals surface area contributed by atoms with Crippen LogP contribution < -0.4 is 10.2 Å². The second kappa shape index (κ2) is 12.8. The summed E-state index contributed by atoms with van der Waals surface area (Å²) < 4.78 is 0. The number of aryl methyl sites for hydroxylation is 1. The van der Waals surface area contributed by atoms with Gasteiger partial charge in [-0.05, 0) is 78.6 Å². The second-order valence-electron chi connectivity index (χ2n) is 11.2. The van der Waals surface area contributed by atoms with Gasteiger partial charge in [-0.3, -0.25) is 9.69 Å². The minimum Gasteiger partial charge on any atom is -0.513 e. The average Bonchev–Trinajstić information content (AvgIpc) is 3.60. The zero-order chi connectivity index (χ0) is 28.9. The molecule has 1 heterocycles. The first-order chi connectivity index (χ1) is 19.8. The van der Waals surface area contributed by atoms with Gasteiger partial charge in [-0.15, -0.1) is 0 Å². The van der Waals surface area contributed by atoms with Crippen LogP contribution in [0.1, 0.15) is 60.3 Å². The number of hydrogen-bond donors (Lipinski definition) is 2. The summed E-state index contributed by atoms with van der Waals surface area (Å²) in [6.45, 7) is 7.38. The molecule has 3 aromatic carbocycles. The third-order valence-corrected chi connectivity index (χ3v) is 8.70. The van der Waals surface area contributed by atoms with Gasteiger partial charge in [0.1, 0.15) is 0 Å². The Balaban J connectivity index is 1.29. The van der Waals surface area contributed by atoms with Crippen molar-refractivity contribution in [3.05, 3.63) is 106 Å². The summed E-state index contributed by atoms with van der Waals surface area (Å²) >= 11 is 6.14. The Labute approximate surface area is 247 Å². The summed E-state index contributed by atoms with van der Waals surface area (Å²) in [5.74, 6) is 0.242. The maximum atomic E-state index is 13.8. The number of amides is 3. The molecule has 2 fully saturated rings. The van der Waals surface area contributed by atoms with Gasteiger partial charge in [-0.2, -0.15) is 0 Å². The van der Waals surface area contributed by atoms with Crippen LogP contribution in [-0.2, 0) is 17.8 Å². The zero-order valence-electron chi connectivity index (χ0n) is 23.6.